The van der Waals surface area contributed by atoms with Gasteiger partial charge < -0.3 is 15.0 Å². The maximum Gasteiger partial charge on any atom is 0.0545 e. The molecule has 0 aliphatic heterocycles. The van der Waals surface area contributed by atoms with Crippen molar-refractivity contribution in [1.29, 1.82) is 0 Å². The van der Waals surface area contributed by atoms with E-state index >= 15 is 0 Å². The summed E-state index contributed by atoms with van der Waals surface area (Å²) in [7, 11) is 0. The van der Waals surface area contributed by atoms with E-state index in [1.165, 1.54) is 104 Å². The van der Waals surface area contributed by atoms with E-state index in [2.05, 4.69) is 95.5 Å². The number of aromatic nitrogens is 3. The fraction of sp³-hybridized carbons (Fsp3) is 0.294. The van der Waals surface area contributed by atoms with Gasteiger partial charge in [0.05, 0.1) is 11.0 Å². The van der Waals surface area contributed by atoms with Crippen molar-refractivity contribution < 1.29 is 0 Å². The number of aryl methyl sites for hydroxylation is 1. The van der Waals surface area contributed by atoms with Crippen molar-refractivity contribution >= 4 is 49.6 Å². The van der Waals surface area contributed by atoms with Crippen LogP contribution in [0.2, 0.25) is 0 Å². The highest BCUT2D eigenvalue weighted by atomic mass is 14.8. The number of H-pyrrole nitrogens is 3. The van der Waals surface area contributed by atoms with Crippen LogP contribution in [0, 0.1) is 6.92 Å². The molecular formula is C34H33N3. The molecule has 3 heteroatoms. The average molecular weight is 484 g/mol. The molecule has 2 aliphatic carbocycles. The molecular weight excluding hydrogens is 450 g/mol. The predicted molar refractivity (Wildman–Crippen MR) is 157 cm³/mol. The van der Waals surface area contributed by atoms with Crippen molar-refractivity contribution in [3.05, 3.63) is 88.9 Å². The Morgan fingerprint density at radius 2 is 1.43 bits per heavy atom. The Morgan fingerprint density at radius 1 is 0.730 bits per heavy atom. The number of nitrogens with one attached hydrogen (secondary N) is 3. The lowest BCUT2D eigenvalue weighted by Gasteiger charge is -2.28. The molecule has 1 saturated carbocycles. The summed E-state index contributed by atoms with van der Waals surface area (Å²) in [6, 6.07) is 20.6. The Balaban J connectivity index is 1.22. The molecule has 8 rings (SSSR count). The maximum absolute atomic E-state index is 3.88. The van der Waals surface area contributed by atoms with E-state index in [1.54, 1.807) is 0 Å². The van der Waals surface area contributed by atoms with Crippen LogP contribution in [0.1, 0.15) is 73.2 Å². The molecule has 0 bridgehead atoms. The largest absolute Gasteiger partial charge is 0.361 e. The number of rotatable bonds is 2. The van der Waals surface area contributed by atoms with Gasteiger partial charge in [-0.25, -0.2) is 0 Å². The van der Waals surface area contributed by atoms with Crippen LogP contribution in [0.5, 0.6) is 0 Å². The molecule has 3 aromatic carbocycles. The van der Waals surface area contributed by atoms with Crippen molar-refractivity contribution in [2.75, 3.05) is 0 Å². The number of aromatic amines is 3. The minimum atomic E-state index is -0.0289. The molecule has 0 saturated heterocycles. The van der Waals surface area contributed by atoms with E-state index in [0.29, 0.717) is 5.92 Å². The number of allylic oxidation sites excluding steroid dienone is 1. The Kier molecular flexibility index (Phi) is 4.42. The molecule has 2 aliphatic rings. The molecule has 0 spiro atoms. The van der Waals surface area contributed by atoms with Crippen molar-refractivity contribution in [2.24, 2.45) is 0 Å². The summed E-state index contributed by atoms with van der Waals surface area (Å²) in [4.78, 5) is 11.5. The Morgan fingerprint density at radius 3 is 2.24 bits per heavy atom. The fourth-order valence-corrected chi connectivity index (χ4v) is 7.24. The van der Waals surface area contributed by atoms with Crippen LogP contribution >= 0.6 is 0 Å². The predicted octanol–water partition coefficient (Wildman–Crippen LogP) is 9.17. The van der Waals surface area contributed by atoms with E-state index in [4.69, 9.17) is 0 Å². The molecule has 6 aromatic rings. The molecule has 1 atom stereocenters. The smallest absolute Gasteiger partial charge is 0.0545 e. The van der Waals surface area contributed by atoms with Gasteiger partial charge >= 0.3 is 0 Å². The number of fused-ring (bicyclic) bond motifs is 9. The third-order valence-electron chi connectivity index (χ3n) is 9.35. The molecule has 3 nitrogen and oxygen atoms in total. The molecule has 3 heterocycles. The normalized spacial score (nSPS) is 20.5. The molecule has 1 fully saturated rings. The van der Waals surface area contributed by atoms with E-state index in [-0.39, 0.29) is 5.41 Å². The third-order valence-corrected chi connectivity index (χ3v) is 9.35. The van der Waals surface area contributed by atoms with Crippen LogP contribution in [-0.4, -0.2) is 15.0 Å². The second kappa shape index (κ2) is 7.64. The zero-order valence-electron chi connectivity index (χ0n) is 21.7. The monoisotopic (exact) mass is 483 g/mol. The zero-order valence-corrected chi connectivity index (χ0v) is 21.7. The minimum Gasteiger partial charge on any atom is -0.361 e. The summed E-state index contributed by atoms with van der Waals surface area (Å²) in [5.41, 5.74) is 10.4. The molecule has 3 aromatic heterocycles. The van der Waals surface area contributed by atoms with Gasteiger partial charge in [-0.05, 0) is 49.4 Å². The first kappa shape index (κ1) is 21.4. The molecule has 3 N–H and O–H groups in total. The van der Waals surface area contributed by atoms with Crippen molar-refractivity contribution in [3.63, 3.8) is 0 Å². The van der Waals surface area contributed by atoms with E-state index in [0.717, 1.165) is 6.42 Å². The summed E-state index contributed by atoms with van der Waals surface area (Å²) >= 11 is 0. The van der Waals surface area contributed by atoms with Gasteiger partial charge in [-0.15, -0.1) is 0 Å². The van der Waals surface area contributed by atoms with E-state index in [1.807, 2.05) is 0 Å². The van der Waals surface area contributed by atoms with Gasteiger partial charge in [0.2, 0.25) is 0 Å². The van der Waals surface area contributed by atoms with Gasteiger partial charge in [0, 0.05) is 66.9 Å². The summed E-state index contributed by atoms with van der Waals surface area (Å²) in [5, 5.41) is 6.49. The molecule has 0 amide bonds. The van der Waals surface area contributed by atoms with Crippen molar-refractivity contribution in [1.82, 2.24) is 15.0 Å². The topological polar surface area (TPSA) is 47.4 Å². The molecule has 184 valence electrons. The first-order valence-electron chi connectivity index (χ1n) is 13.9. The SMILES string of the molecule is Cc1ccc2c(c1)[nH]c1c2ccc2c1ccc1c3c([nH]c12)CC(C)(c1ccc(C2CCCCC2)[nH]1)C=C3. The van der Waals surface area contributed by atoms with Crippen LogP contribution in [-0.2, 0) is 11.8 Å². The highest BCUT2D eigenvalue weighted by molar-refractivity contribution is 6.22. The summed E-state index contributed by atoms with van der Waals surface area (Å²) in [6.45, 7) is 4.53. The van der Waals surface area contributed by atoms with Crippen LogP contribution in [0.25, 0.3) is 49.6 Å². The summed E-state index contributed by atoms with van der Waals surface area (Å²) in [6.07, 6.45) is 12.5. The van der Waals surface area contributed by atoms with Gasteiger partial charge in [0.25, 0.3) is 0 Å². The summed E-state index contributed by atoms with van der Waals surface area (Å²) in [5.74, 6) is 0.707. The number of benzene rings is 3. The fourth-order valence-electron chi connectivity index (χ4n) is 7.24. The van der Waals surface area contributed by atoms with Crippen LogP contribution in [0.3, 0.4) is 0 Å². The molecule has 1 unspecified atom stereocenters. The Hall–Kier alpha value is -3.72. The van der Waals surface area contributed by atoms with Gasteiger partial charge in [-0.2, -0.15) is 0 Å². The average Bonchev–Trinajstić information content (AvgIpc) is 3.64. The Labute approximate surface area is 217 Å². The van der Waals surface area contributed by atoms with E-state index < -0.39 is 0 Å². The number of hydrogen-bond acceptors (Lipinski definition) is 0. The lowest BCUT2D eigenvalue weighted by atomic mass is 9.77. The first-order chi connectivity index (χ1) is 18.1. The van der Waals surface area contributed by atoms with Gasteiger partial charge in [0.1, 0.15) is 0 Å². The van der Waals surface area contributed by atoms with E-state index in [9.17, 15) is 0 Å². The zero-order chi connectivity index (χ0) is 24.7. The standard InChI is InChI=1S/C34H33N3/c1-20-8-9-22-24-10-12-27-26(32(24)36-29(22)18-20)13-11-25-23-16-17-34(2,19-30(23)37-33(25)27)31-15-14-28(35-31)21-6-4-3-5-7-21/h8-18,21,35-37H,3-7,19H2,1-2H3. The van der Waals surface area contributed by atoms with Gasteiger partial charge in [-0.3, -0.25) is 0 Å². The lowest BCUT2D eigenvalue weighted by Crippen LogP contribution is -2.25. The Bertz CT molecular complexity index is 1870. The van der Waals surface area contributed by atoms with Gasteiger partial charge in [-0.1, -0.05) is 74.7 Å². The molecule has 37 heavy (non-hydrogen) atoms. The molecule has 0 radical (unpaired) electrons. The maximum atomic E-state index is 3.88. The highest BCUT2D eigenvalue weighted by Gasteiger charge is 2.32. The van der Waals surface area contributed by atoms with Crippen molar-refractivity contribution in [2.45, 2.75) is 63.7 Å². The number of hydrogen-bond donors (Lipinski definition) is 3. The van der Waals surface area contributed by atoms with Crippen molar-refractivity contribution in [3.8, 4) is 0 Å². The van der Waals surface area contributed by atoms with Crippen LogP contribution < -0.4 is 0 Å². The van der Waals surface area contributed by atoms with Gasteiger partial charge in [0.15, 0.2) is 0 Å². The minimum absolute atomic E-state index is 0.0289. The van der Waals surface area contributed by atoms with Crippen LogP contribution in [0.4, 0.5) is 0 Å². The lowest BCUT2D eigenvalue weighted by molar-refractivity contribution is 0.436. The second-order valence-corrected chi connectivity index (χ2v) is 11.9. The van der Waals surface area contributed by atoms with Crippen LogP contribution in [0.15, 0.2) is 60.7 Å². The third kappa shape index (κ3) is 3.13. The second-order valence-electron chi connectivity index (χ2n) is 11.9. The highest BCUT2D eigenvalue weighted by Crippen LogP contribution is 2.42. The first-order valence-corrected chi connectivity index (χ1v) is 13.9. The quantitative estimate of drug-likeness (QED) is 0.220. The summed E-state index contributed by atoms with van der Waals surface area (Å²) < 4.78 is 0.